The minimum Gasteiger partial charge on any atom is -0.480 e. The Balaban J connectivity index is 4.18. The van der Waals surface area contributed by atoms with E-state index in [-0.39, 0.29) is 0 Å². The molecule has 7 heteroatoms. The third-order valence-electron chi connectivity index (χ3n) is 1.24. The smallest absolute Gasteiger partial charge is 0.326 e. The van der Waals surface area contributed by atoms with Gasteiger partial charge in [0.2, 0.25) is 5.91 Å². The quantitative estimate of drug-likeness (QED) is 0.418. The number of amides is 3. The third-order valence-corrected chi connectivity index (χ3v) is 1.24. The van der Waals surface area contributed by atoms with Crippen LogP contribution in [0.15, 0.2) is 0 Å². The zero-order valence-electron chi connectivity index (χ0n) is 7.03. The summed E-state index contributed by atoms with van der Waals surface area (Å²) in [7, 11) is 1.33. The fourth-order valence-corrected chi connectivity index (χ4v) is 0.632. The first-order chi connectivity index (χ1) is 5.97. The number of carboxylic acid groups (broad SMARTS) is 1. The highest BCUT2D eigenvalue weighted by Crippen LogP contribution is 1.90. The van der Waals surface area contributed by atoms with Crippen molar-refractivity contribution in [3.05, 3.63) is 0 Å². The molecule has 7 nitrogen and oxygen atoms in total. The molecule has 3 amide bonds. The van der Waals surface area contributed by atoms with Gasteiger partial charge >= 0.3 is 12.0 Å². The summed E-state index contributed by atoms with van der Waals surface area (Å²) >= 11 is 0. The van der Waals surface area contributed by atoms with Crippen molar-refractivity contribution in [1.29, 1.82) is 0 Å². The molecular weight excluding hydrogens is 178 g/mol. The lowest BCUT2D eigenvalue weighted by Gasteiger charge is -2.11. The topological polar surface area (TPSA) is 122 Å². The summed E-state index contributed by atoms with van der Waals surface area (Å²) < 4.78 is 0. The molecule has 1 unspecified atom stereocenters. The van der Waals surface area contributed by atoms with E-state index in [0.29, 0.717) is 0 Å². The number of primary amides is 1. The summed E-state index contributed by atoms with van der Waals surface area (Å²) in [5, 5.41) is 12.7. The number of carboxylic acids is 1. The molecule has 74 valence electrons. The van der Waals surface area contributed by atoms with Crippen LogP contribution in [0.5, 0.6) is 0 Å². The molecule has 5 N–H and O–H groups in total. The van der Waals surface area contributed by atoms with Crippen LogP contribution in [0.4, 0.5) is 4.79 Å². The zero-order chi connectivity index (χ0) is 10.4. The standard InChI is InChI=1S/C6H11N3O4/c1-8-6(13)9-3(5(11)12)2-4(7)10/h3H,2H2,1H3,(H2,7,10)(H,11,12)(H2,8,9,13). The fourth-order valence-electron chi connectivity index (χ4n) is 0.632. The van der Waals surface area contributed by atoms with E-state index < -0.39 is 30.4 Å². The summed E-state index contributed by atoms with van der Waals surface area (Å²) in [6.07, 6.45) is -0.428. The van der Waals surface area contributed by atoms with Crippen molar-refractivity contribution in [2.24, 2.45) is 5.73 Å². The molecule has 0 saturated carbocycles. The number of carbonyl (C=O) groups is 3. The third kappa shape index (κ3) is 4.62. The first-order valence-electron chi connectivity index (χ1n) is 3.46. The Bertz CT molecular complexity index is 228. The minimum atomic E-state index is -1.30. The lowest BCUT2D eigenvalue weighted by Crippen LogP contribution is -2.46. The van der Waals surface area contributed by atoms with Crippen molar-refractivity contribution in [3.8, 4) is 0 Å². The molecular formula is C6H11N3O4. The van der Waals surface area contributed by atoms with Crippen LogP contribution in [-0.4, -0.2) is 36.1 Å². The van der Waals surface area contributed by atoms with Crippen LogP contribution in [0.1, 0.15) is 6.42 Å². The summed E-state index contributed by atoms with van der Waals surface area (Å²) in [6, 6.07) is -1.95. The number of nitrogens with one attached hydrogen (secondary N) is 2. The van der Waals surface area contributed by atoms with Crippen LogP contribution < -0.4 is 16.4 Å². The molecule has 0 radical (unpaired) electrons. The van der Waals surface area contributed by atoms with Gasteiger partial charge in [-0.2, -0.15) is 0 Å². The highest BCUT2D eigenvalue weighted by molar-refractivity contribution is 5.87. The normalized spacial score (nSPS) is 11.5. The maximum Gasteiger partial charge on any atom is 0.326 e. The molecule has 13 heavy (non-hydrogen) atoms. The van der Waals surface area contributed by atoms with Gasteiger partial charge in [0.15, 0.2) is 0 Å². The van der Waals surface area contributed by atoms with E-state index in [2.05, 4.69) is 5.32 Å². The first kappa shape index (κ1) is 11.2. The molecule has 0 aromatic carbocycles. The predicted molar refractivity (Wildman–Crippen MR) is 42.8 cm³/mol. The second-order valence-corrected chi connectivity index (χ2v) is 2.28. The molecule has 0 fully saturated rings. The Labute approximate surface area is 74.3 Å². The van der Waals surface area contributed by atoms with Crippen molar-refractivity contribution in [2.45, 2.75) is 12.5 Å². The Morgan fingerprint density at radius 2 is 2.00 bits per heavy atom. The molecule has 0 saturated heterocycles. The van der Waals surface area contributed by atoms with Crippen molar-refractivity contribution in [3.63, 3.8) is 0 Å². The van der Waals surface area contributed by atoms with Gasteiger partial charge in [-0.1, -0.05) is 0 Å². The average molecular weight is 189 g/mol. The van der Waals surface area contributed by atoms with Gasteiger partial charge in [0, 0.05) is 7.05 Å². The van der Waals surface area contributed by atoms with Crippen LogP contribution in [0.2, 0.25) is 0 Å². The number of carbonyl (C=O) groups excluding carboxylic acids is 2. The maximum absolute atomic E-state index is 10.7. The molecule has 0 bridgehead atoms. The van der Waals surface area contributed by atoms with Gasteiger partial charge in [0.05, 0.1) is 6.42 Å². The molecule has 1 atom stereocenters. The van der Waals surface area contributed by atoms with Crippen molar-refractivity contribution in [2.75, 3.05) is 7.05 Å². The highest BCUT2D eigenvalue weighted by atomic mass is 16.4. The first-order valence-corrected chi connectivity index (χ1v) is 3.46. The van der Waals surface area contributed by atoms with Crippen LogP contribution >= 0.6 is 0 Å². The van der Waals surface area contributed by atoms with Gasteiger partial charge in [0.1, 0.15) is 6.04 Å². The molecule has 0 aromatic heterocycles. The Kier molecular flexibility index (Phi) is 4.28. The predicted octanol–water partition coefficient (Wildman–Crippen LogP) is -1.76. The Morgan fingerprint density at radius 3 is 2.31 bits per heavy atom. The Morgan fingerprint density at radius 1 is 1.46 bits per heavy atom. The number of nitrogens with two attached hydrogens (primary N) is 1. The van der Waals surface area contributed by atoms with Gasteiger partial charge < -0.3 is 21.5 Å². The van der Waals surface area contributed by atoms with Gasteiger partial charge in [-0.15, -0.1) is 0 Å². The van der Waals surface area contributed by atoms with E-state index in [0.717, 1.165) is 0 Å². The van der Waals surface area contributed by atoms with E-state index in [1.807, 2.05) is 5.32 Å². The maximum atomic E-state index is 10.7. The molecule has 0 heterocycles. The SMILES string of the molecule is CNC(=O)NC(CC(N)=O)C(=O)O. The van der Waals surface area contributed by atoms with Crippen molar-refractivity contribution >= 4 is 17.9 Å². The lowest BCUT2D eigenvalue weighted by molar-refractivity contribution is -0.140. The van der Waals surface area contributed by atoms with E-state index >= 15 is 0 Å². The van der Waals surface area contributed by atoms with E-state index in [1.54, 1.807) is 0 Å². The summed E-state index contributed by atoms with van der Waals surface area (Å²) in [5.74, 6) is -2.09. The fraction of sp³-hybridized carbons (Fsp3) is 0.500. The number of rotatable bonds is 4. The summed E-state index contributed by atoms with van der Waals surface area (Å²) in [5.41, 5.74) is 4.77. The zero-order valence-corrected chi connectivity index (χ0v) is 7.03. The van der Waals surface area contributed by atoms with Crippen molar-refractivity contribution < 1.29 is 19.5 Å². The second kappa shape index (κ2) is 4.96. The molecule has 0 rings (SSSR count). The van der Waals surface area contributed by atoms with Gasteiger partial charge in [-0.05, 0) is 0 Å². The van der Waals surface area contributed by atoms with E-state index in [9.17, 15) is 14.4 Å². The van der Waals surface area contributed by atoms with Gasteiger partial charge in [-0.3, -0.25) is 4.79 Å². The molecule has 0 spiro atoms. The highest BCUT2D eigenvalue weighted by Gasteiger charge is 2.21. The van der Waals surface area contributed by atoms with Crippen molar-refractivity contribution in [1.82, 2.24) is 10.6 Å². The summed E-state index contributed by atoms with van der Waals surface area (Å²) in [4.78, 5) is 31.5. The number of aliphatic carboxylic acids is 1. The van der Waals surface area contributed by atoms with E-state index in [1.165, 1.54) is 7.05 Å². The monoisotopic (exact) mass is 189 g/mol. The van der Waals surface area contributed by atoms with Crippen LogP contribution in [0.3, 0.4) is 0 Å². The lowest BCUT2D eigenvalue weighted by atomic mass is 10.2. The largest absolute Gasteiger partial charge is 0.480 e. The van der Waals surface area contributed by atoms with Gasteiger partial charge in [0.25, 0.3) is 0 Å². The number of urea groups is 1. The summed E-state index contributed by atoms with van der Waals surface area (Å²) in [6.45, 7) is 0. The van der Waals surface area contributed by atoms with E-state index in [4.69, 9.17) is 10.8 Å². The van der Waals surface area contributed by atoms with Gasteiger partial charge in [-0.25, -0.2) is 9.59 Å². The molecule has 0 aromatic rings. The molecule has 0 aliphatic rings. The van der Waals surface area contributed by atoms with Crippen LogP contribution in [-0.2, 0) is 9.59 Å². The van der Waals surface area contributed by atoms with Crippen LogP contribution in [0.25, 0.3) is 0 Å². The number of hydrogen-bond acceptors (Lipinski definition) is 3. The van der Waals surface area contributed by atoms with Crippen LogP contribution in [0, 0.1) is 0 Å². The average Bonchev–Trinajstić information content (AvgIpc) is 2.02. The molecule has 0 aliphatic carbocycles. The molecule has 0 aliphatic heterocycles. The Hall–Kier alpha value is -1.79. The minimum absolute atomic E-state index is 0.428. The second-order valence-electron chi connectivity index (χ2n) is 2.28. The number of hydrogen-bond donors (Lipinski definition) is 4.